The van der Waals surface area contributed by atoms with Crippen LogP contribution in [0.15, 0.2) is 0 Å². The number of carbonyl (C=O) groups is 1. The van der Waals surface area contributed by atoms with Gasteiger partial charge >= 0.3 is 0 Å². The number of nitrogens with zero attached hydrogens (tertiary/aromatic N) is 1. The summed E-state index contributed by atoms with van der Waals surface area (Å²) in [5.74, 6) is 2.65. The van der Waals surface area contributed by atoms with E-state index in [-0.39, 0.29) is 5.91 Å². The Hall–Kier alpha value is -0.260. The van der Waals surface area contributed by atoms with Crippen molar-refractivity contribution in [1.82, 2.24) is 10.2 Å². The van der Waals surface area contributed by atoms with Gasteiger partial charge in [0, 0.05) is 45.0 Å². The molecule has 19 heavy (non-hydrogen) atoms. The first kappa shape index (κ1) is 15.1. The van der Waals surface area contributed by atoms with E-state index in [4.69, 9.17) is 4.74 Å². The third-order valence-corrected chi connectivity index (χ3v) is 4.77. The van der Waals surface area contributed by atoms with E-state index in [1.165, 1.54) is 12.8 Å². The normalized spacial score (nSPS) is 27.7. The number of hydrogen-bond acceptors (Lipinski definition) is 4. The van der Waals surface area contributed by atoms with E-state index in [9.17, 15) is 4.79 Å². The maximum atomic E-state index is 11.9. The number of nitrogens with one attached hydrogen (secondary N) is 1. The molecule has 1 saturated heterocycles. The molecule has 110 valence electrons. The molecule has 5 heteroatoms. The molecule has 0 unspecified atom stereocenters. The lowest BCUT2D eigenvalue weighted by molar-refractivity contribution is -0.121. The van der Waals surface area contributed by atoms with Crippen molar-refractivity contribution in [2.45, 2.75) is 25.3 Å². The SMILES string of the molecule is COCCN1C[C@H](NC(=O)CCSC)[C@@H](C2CC2)C1. The van der Waals surface area contributed by atoms with Crippen molar-refractivity contribution in [3.05, 3.63) is 0 Å². The molecule has 1 aliphatic carbocycles. The lowest BCUT2D eigenvalue weighted by atomic mass is 9.98. The van der Waals surface area contributed by atoms with Gasteiger partial charge in [-0.05, 0) is 30.9 Å². The van der Waals surface area contributed by atoms with Gasteiger partial charge in [0.25, 0.3) is 0 Å². The zero-order valence-electron chi connectivity index (χ0n) is 12.1. The molecule has 2 rings (SSSR count). The van der Waals surface area contributed by atoms with Gasteiger partial charge in [0.15, 0.2) is 0 Å². The summed E-state index contributed by atoms with van der Waals surface area (Å²) in [5.41, 5.74) is 0. The van der Waals surface area contributed by atoms with Crippen LogP contribution in [0.1, 0.15) is 19.3 Å². The first-order valence-electron chi connectivity index (χ1n) is 7.24. The van der Waals surface area contributed by atoms with Gasteiger partial charge in [0.2, 0.25) is 5.91 Å². The minimum Gasteiger partial charge on any atom is -0.383 e. The van der Waals surface area contributed by atoms with Crippen LogP contribution in [0, 0.1) is 11.8 Å². The molecule has 4 nitrogen and oxygen atoms in total. The third kappa shape index (κ3) is 4.65. The van der Waals surface area contributed by atoms with Crippen molar-refractivity contribution in [2.75, 3.05) is 45.4 Å². The molecular formula is C14H26N2O2S. The van der Waals surface area contributed by atoms with E-state index in [2.05, 4.69) is 10.2 Å². The molecule has 0 bridgehead atoms. The van der Waals surface area contributed by atoms with E-state index in [1.54, 1.807) is 18.9 Å². The lowest BCUT2D eigenvalue weighted by Crippen LogP contribution is -2.41. The summed E-state index contributed by atoms with van der Waals surface area (Å²) < 4.78 is 5.15. The number of ether oxygens (including phenoxy) is 1. The van der Waals surface area contributed by atoms with E-state index in [0.717, 1.165) is 37.9 Å². The average Bonchev–Trinajstić information content (AvgIpc) is 3.17. The summed E-state index contributed by atoms with van der Waals surface area (Å²) in [6, 6.07) is 0.360. The molecule has 0 spiro atoms. The summed E-state index contributed by atoms with van der Waals surface area (Å²) in [6.45, 7) is 3.89. The van der Waals surface area contributed by atoms with Crippen LogP contribution in [0.5, 0.6) is 0 Å². The van der Waals surface area contributed by atoms with Crippen LogP contribution in [0.4, 0.5) is 0 Å². The highest BCUT2D eigenvalue weighted by molar-refractivity contribution is 7.98. The summed E-state index contributed by atoms with van der Waals surface area (Å²) in [6.07, 6.45) is 5.38. The van der Waals surface area contributed by atoms with Crippen LogP contribution < -0.4 is 5.32 Å². The highest BCUT2D eigenvalue weighted by Crippen LogP contribution is 2.41. The largest absolute Gasteiger partial charge is 0.383 e. The number of rotatable bonds is 8. The van der Waals surface area contributed by atoms with Crippen molar-refractivity contribution in [3.8, 4) is 0 Å². The fourth-order valence-corrected chi connectivity index (χ4v) is 3.33. The minimum atomic E-state index is 0.221. The molecule has 0 aromatic rings. The maximum absolute atomic E-state index is 11.9. The van der Waals surface area contributed by atoms with Crippen molar-refractivity contribution < 1.29 is 9.53 Å². The Morgan fingerprint density at radius 3 is 2.84 bits per heavy atom. The van der Waals surface area contributed by atoms with Crippen LogP contribution in [0.3, 0.4) is 0 Å². The van der Waals surface area contributed by atoms with Gasteiger partial charge < -0.3 is 10.1 Å². The third-order valence-electron chi connectivity index (χ3n) is 4.16. The van der Waals surface area contributed by atoms with E-state index >= 15 is 0 Å². The molecule has 0 aromatic heterocycles. The smallest absolute Gasteiger partial charge is 0.221 e. The zero-order valence-corrected chi connectivity index (χ0v) is 12.9. The van der Waals surface area contributed by atoms with E-state index in [1.807, 2.05) is 6.26 Å². The van der Waals surface area contributed by atoms with Crippen LogP contribution in [0.25, 0.3) is 0 Å². The quantitative estimate of drug-likeness (QED) is 0.728. The Kier molecular flexibility index (Phi) is 5.98. The maximum Gasteiger partial charge on any atom is 0.221 e. The Morgan fingerprint density at radius 2 is 2.21 bits per heavy atom. The number of amides is 1. The Bertz CT molecular complexity index is 297. The molecule has 2 atom stereocenters. The van der Waals surface area contributed by atoms with Gasteiger partial charge in [0.05, 0.1) is 6.61 Å². The summed E-state index contributed by atoms with van der Waals surface area (Å²) in [4.78, 5) is 14.3. The summed E-state index contributed by atoms with van der Waals surface area (Å²) >= 11 is 1.73. The van der Waals surface area contributed by atoms with Crippen molar-refractivity contribution in [1.29, 1.82) is 0 Å². The average molecular weight is 286 g/mol. The van der Waals surface area contributed by atoms with Gasteiger partial charge in [-0.3, -0.25) is 9.69 Å². The lowest BCUT2D eigenvalue weighted by Gasteiger charge is -2.19. The van der Waals surface area contributed by atoms with Crippen molar-refractivity contribution in [3.63, 3.8) is 0 Å². The van der Waals surface area contributed by atoms with Crippen LogP contribution >= 0.6 is 11.8 Å². The van der Waals surface area contributed by atoms with Crippen molar-refractivity contribution in [2.24, 2.45) is 11.8 Å². The van der Waals surface area contributed by atoms with E-state index < -0.39 is 0 Å². The number of hydrogen-bond donors (Lipinski definition) is 1. The fraction of sp³-hybridized carbons (Fsp3) is 0.929. The molecule has 1 saturated carbocycles. The minimum absolute atomic E-state index is 0.221. The fourth-order valence-electron chi connectivity index (χ4n) is 2.94. The van der Waals surface area contributed by atoms with E-state index in [0.29, 0.717) is 18.4 Å². The molecule has 2 aliphatic rings. The number of methoxy groups -OCH3 is 1. The molecule has 2 fully saturated rings. The Labute approximate surface area is 120 Å². The predicted octanol–water partition coefficient (Wildman–Crippen LogP) is 1.21. The summed E-state index contributed by atoms with van der Waals surface area (Å²) in [5, 5.41) is 3.26. The number of carbonyl (C=O) groups excluding carboxylic acids is 1. The van der Waals surface area contributed by atoms with Crippen LogP contribution in [0.2, 0.25) is 0 Å². The molecule has 1 N–H and O–H groups in total. The second kappa shape index (κ2) is 7.50. The van der Waals surface area contributed by atoms with Crippen LogP contribution in [-0.4, -0.2) is 62.2 Å². The molecular weight excluding hydrogens is 260 g/mol. The number of likely N-dealkylation sites (tertiary alicyclic amines) is 1. The van der Waals surface area contributed by atoms with Gasteiger partial charge in [-0.2, -0.15) is 11.8 Å². The van der Waals surface area contributed by atoms with Crippen molar-refractivity contribution >= 4 is 17.7 Å². The molecule has 1 amide bonds. The highest BCUT2D eigenvalue weighted by Gasteiger charge is 2.42. The monoisotopic (exact) mass is 286 g/mol. The summed E-state index contributed by atoms with van der Waals surface area (Å²) in [7, 11) is 1.75. The van der Waals surface area contributed by atoms with Gasteiger partial charge in [-0.15, -0.1) is 0 Å². The highest BCUT2D eigenvalue weighted by atomic mass is 32.2. The van der Waals surface area contributed by atoms with Gasteiger partial charge in [0.1, 0.15) is 0 Å². The Balaban J connectivity index is 1.80. The topological polar surface area (TPSA) is 41.6 Å². The second-order valence-electron chi connectivity index (χ2n) is 5.67. The number of thioether (sulfide) groups is 1. The first-order valence-corrected chi connectivity index (χ1v) is 8.63. The molecule has 1 heterocycles. The van der Waals surface area contributed by atoms with Crippen LogP contribution in [-0.2, 0) is 9.53 Å². The zero-order chi connectivity index (χ0) is 13.7. The second-order valence-corrected chi connectivity index (χ2v) is 6.66. The molecule has 0 radical (unpaired) electrons. The predicted molar refractivity (Wildman–Crippen MR) is 79.5 cm³/mol. The van der Waals surface area contributed by atoms with Gasteiger partial charge in [-0.25, -0.2) is 0 Å². The first-order chi connectivity index (χ1) is 9.24. The van der Waals surface area contributed by atoms with Gasteiger partial charge in [-0.1, -0.05) is 0 Å². The molecule has 1 aliphatic heterocycles. The standard InChI is InChI=1S/C14H26N2O2S/c1-18-7-6-16-9-12(11-3-4-11)13(10-16)15-14(17)5-8-19-2/h11-13H,3-10H2,1-2H3,(H,15,17)/t12-,13+/m1/s1. The Morgan fingerprint density at radius 1 is 1.42 bits per heavy atom. The molecule has 0 aromatic carbocycles.